The number of carbonyl (C=O) groups excluding carboxylic acids is 1. The number of hydrogen-bond acceptors (Lipinski definition) is 4. The highest BCUT2D eigenvalue weighted by atomic mass is 16.2. The lowest BCUT2D eigenvalue weighted by Gasteiger charge is -2.31. The van der Waals surface area contributed by atoms with Gasteiger partial charge < -0.3 is 10.2 Å². The van der Waals surface area contributed by atoms with E-state index in [1.165, 1.54) is 12.8 Å². The molecule has 1 fully saturated rings. The Morgan fingerprint density at radius 2 is 2.26 bits per heavy atom. The summed E-state index contributed by atoms with van der Waals surface area (Å²) >= 11 is 0. The Morgan fingerprint density at radius 3 is 2.96 bits per heavy atom. The standard InChI is InChI=1S/C18H28N4O/c1-18(2,3)9-16(23)22-8-6-15-14(12-22)11-20-17(21-15)13-5-4-7-19-10-13/h11,13,19H,4-10,12H2,1-3H3. The van der Waals surface area contributed by atoms with Crippen LogP contribution in [0.4, 0.5) is 0 Å². The van der Waals surface area contributed by atoms with E-state index < -0.39 is 0 Å². The second-order valence-corrected chi connectivity index (χ2v) is 8.05. The zero-order valence-corrected chi connectivity index (χ0v) is 14.6. The molecule has 0 aliphatic carbocycles. The lowest BCUT2D eigenvalue weighted by molar-refractivity contribution is -0.134. The fraction of sp³-hybridized carbons (Fsp3) is 0.722. The number of carbonyl (C=O) groups is 1. The molecule has 1 unspecified atom stereocenters. The van der Waals surface area contributed by atoms with Crippen LogP contribution in [0.15, 0.2) is 6.20 Å². The number of amides is 1. The van der Waals surface area contributed by atoms with Crippen molar-refractivity contribution in [3.05, 3.63) is 23.3 Å². The average Bonchev–Trinajstić information content (AvgIpc) is 2.53. The molecule has 0 spiro atoms. The lowest BCUT2D eigenvalue weighted by atomic mass is 9.91. The SMILES string of the molecule is CC(C)(C)CC(=O)N1CCc2nc(C3CCCNC3)ncc2C1. The van der Waals surface area contributed by atoms with Gasteiger partial charge in [-0.2, -0.15) is 0 Å². The first kappa shape index (κ1) is 16.4. The van der Waals surface area contributed by atoms with Gasteiger partial charge in [-0.05, 0) is 24.8 Å². The van der Waals surface area contributed by atoms with Crippen molar-refractivity contribution in [3.63, 3.8) is 0 Å². The molecule has 0 aromatic carbocycles. The van der Waals surface area contributed by atoms with Crippen LogP contribution in [0.2, 0.25) is 0 Å². The number of nitrogens with one attached hydrogen (secondary N) is 1. The van der Waals surface area contributed by atoms with Crippen molar-refractivity contribution in [2.24, 2.45) is 5.41 Å². The molecule has 1 aromatic rings. The summed E-state index contributed by atoms with van der Waals surface area (Å²) in [5.41, 5.74) is 2.29. The summed E-state index contributed by atoms with van der Waals surface area (Å²) in [6.45, 7) is 9.85. The smallest absolute Gasteiger partial charge is 0.223 e. The molecule has 2 aliphatic heterocycles. The summed E-state index contributed by atoms with van der Waals surface area (Å²) in [5.74, 6) is 1.66. The Balaban J connectivity index is 1.69. The van der Waals surface area contributed by atoms with Crippen molar-refractivity contribution in [1.82, 2.24) is 20.2 Å². The van der Waals surface area contributed by atoms with Gasteiger partial charge in [0, 0.05) is 50.2 Å². The van der Waals surface area contributed by atoms with Crippen LogP contribution in [0.1, 0.15) is 63.0 Å². The highest BCUT2D eigenvalue weighted by Gasteiger charge is 2.26. The van der Waals surface area contributed by atoms with Gasteiger partial charge in [0.25, 0.3) is 0 Å². The highest BCUT2D eigenvalue weighted by molar-refractivity contribution is 5.77. The number of fused-ring (bicyclic) bond motifs is 1. The minimum Gasteiger partial charge on any atom is -0.338 e. The van der Waals surface area contributed by atoms with E-state index in [1.54, 1.807) is 0 Å². The van der Waals surface area contributed by atoms with E-state index in [0.717, 1.165) is 43.1 Å². The van der Waals surface area contributed by atoms with Gasteiger partial charge in [0.2, 0.25) is 5.91 Å². The summed E-state index contributed by atoms with van der Waals surface area (Å²) in [5, 5.41) is 3.42. The van der Waals surface area contributed by atoms with E-state index in [4.69, 9.17) is 4.98 Å². The topological polar surface area (TPSA) is 58.1 Å². The first-order chi connectivity index (χ1) is 10.9. The third kappa shape index (κ3) is 4.08. The van der Waals surface area contributed by atoms with Crippen LogP contribution < -0.4 is 5.32 Å². The van der Waals surface area contributed by atoms with Gasteiger partial charge in [-0.1, -0.05) is 20.8 Å². The zero-order chi connectivity index (χ0) is 16.4. The molecule has 5 nitrogen and oxygen atoms in total. The molecule has 3 heterocycles. The van der Waals surface area contributed by atoms with Crippen LogP contribution in [0.5, 0.6) is 0 Å². The Morgan fingerprint density at radius 1 is 1.43 bits per heavy atom. The van der Waals surface area contributed by atoms with Gasteiger partial charge in [-0.25, -0.2) is 9.97 Å². The molecule has 3 rings (SSSR count). The van der Waals surface area contributed by atoms with Crippen molar-refractivity contribution in [2.45, 2.75) is 58.9 Å². The van der Waals surface area contributed by atoms with Crippen LogP contribution >= 0.6 is 0 Å². The summed E-state index contributed by atoms with van der Waals surface area (Å²) < 4.78 is 0. The van der Waals surface area contributed by atoms with E-state index >= 15 is 0 Å². The van der Waals surface area contributed by atoms with E-state index in [2.05, 4.69) is 31.1 Å². The van der Waals surface area contributed by atoms with E-state index in [9.17, 15) is 4.79 Å². The molecule has 1 amide bonds. The Labute approximate surface area is 138 Å². The highest BCUT2D eigenvalue weighted by Crippen LogP contribution is 2.25. The molecule has 0 saturated carbocycles. The van der Waals surface area contributed by atoms with Crippen LogP contribution in [-0.4, -0.2) is 40.4 Å². The number of rotatable bonds is 2. The average molecular weight is 316 g/mol. The van der Waals surface area contributed by atoms with E-state index in [1.807, 2.05) is 11.1 Å². The lowest BCUT2D eigenvalue weighted by Crippen LogP contribution is -2.38. The third-order valence-electron chi connectivity index (χ3n) is 4.65. The number of aromatic nitrogens is 2. The first-order valence-corrected chi connectivity index (χ1v) is 8.75. The maximum Gasteiger partial charge on any atom is 0.223 e. The minimum atomic E-state index is 0.0334. The maximum atomic E-state index is 12.4. The van der Waals surface area contributed by atoms with Gasteiger partial charge in [0.15, 0.2) is 0 Å². The molecule has 0 bridgehead atoms. The normalized spacial score (nSPS) is 21.9. The second kappa shape index (κ2) is 6.56. The molecule has 5 heteroatoms. The molecule has 23 heavy (non-hydrogen) atoms. The van der Waals surface area contributed by atoms with Crippen LogP contribution in [0, 0.1) is 5.41 Å². The predicted octanol–water partition coefficient (Wildman–Crippen LogP) is 2.26. The molecule has 1 aromatic heterocycles. The molecule has 1 N–H and O–H groups in total. The summed E-state index contributed by atoms with van der Waals surface area (Å²) in [6, 6.07) is 0. The van der Waals surface area contributed by atoms with Crippen LogP contribution in [0.25, 0.3) is 0 Å². The van der Waals surface area contributed by atoms with Crippen molar-refractivity contribution in [3.8, 4) is 0 Å². The molecule has 1 atom stereocenters. The van der Waals surface area contributed by atoms with E-state index in [0.29, 0.717) is 18.9 Å². The predicted molar refractivity (Wildman–Crippen MR) is 90.1 cm³/mol. The van der Waals surface area contributed by atoms with Gasteiger partial charge in [0.1, 0.15) is 5.82 Å². The number of piperidine rings is 1. The molecular weight excluding hydrogens is 288 g/mol. The summed E-state index contributed by atoms with van der Waals surface area (Å²) in [7, 11) is 0. The maximum absolute atomic E-state index is 12.4. The van der Waals surface area contributed by atoms with Crippen LogP contribution in [0.3, 0.4) is 0 Å². The van der Waals surface area contributed by atoms with Crippen molar-refractivity contribution < 1.29 is 4.79 Å². The van der Waals surface area contributed by atoms with Gasteiger partial charge >= 0.3 is 0 Å². The quantitative estimate of drug-likeness (QED) is 0.909. The van der Waals surface area contributed by atoms with Crippen molar-refractivity contribution >= 4 is 5.91 Å². The largest absolute Gasteiger partial charge is 0.338 e. The molecule has 1 saturated heterocycles. The van der Waals surface area contributed by atoms with Gasteiger partial charge in [-0.15, -0.1) is 0 Å². The van der Waals surface area contributed by atoms with Gasteiger partial charge in [-0.3, -0.25) is 4.79 Å². The van der Waals surface area contributed by atoms with Crippen molar-refractivity contribution in [1.29, 1.82) is 0 Å². The van der Waals surface area contributed by atoms with Crippen molar-refractivity contribution in [2.75, 3.05) is 19.6 Å². The molecular formula is C18H28N4O. The Kier molecular flexibility index (Phi) is 4.67. The number of hydrogen-bond donors (Lipinski definition) is 1. The monoisotopic (exact) mass is 316 g/mol. The second-order valence-electron chi connectivity index (χ2n) is 8.05. The number of nitrogens with zero attached hydrogens (tertiary/aromatic N) is 3. The fourth-order valence-electron chi connectivity index (χ4n) is 3.38. The summed E-state index contributed by atoms with van der Waals surface area (Å²) in [6.07, 6.45) is 5.75. The summed E-state index contributed by atoms with van der Waals surface area (Å²) in [4.78, 5) is 23.8. The first-order valence-electron chi connectivity index (χ1n) is 8.75. The van der Waals surface area contributed by atoms with Crippen LogP contribution in [-0.2, 0) is 17.8 Å². The minimum absolute atomic E-state index is 0.0334. The Bertz CT molecular complexity index is 573. The molecule has 0 radical (unpaired) electrons. The Hall–Kier alpha value is -1.49. The third-order valence-corrected chi connectivity index (χ3v) is 4.65. The fourth-order valence-corrected chi connectivity index (χ4v) is 3.38. The van der Waals surface area contributed by atoms with E-state index in [-0.39, 0.29) is 11.3 Å². The zero-order valence-electron chi connectivity index (χ0n) is 14.6. The molecule has 126 valence electrons. The van der Waals surface area contributed by atoms with Gasteiger partial charge in [0.05, 0.1) is 5.69 Å². The molecule has 2 aliphatic rings.